The Morgan fingerprint density at radius 2 is 2.71 bits per heavy atom. The number of aliphatic hydroxyl groups excluding tert-OH is 1. The first kappa shape index (κ1) is 4.50. The van der Waals surface area contributed by atoms with Crippen LogP contribution in [0.2, 0.25) is 0 Å². The third kappa shape index (κ3) is 0.856. The average Bonchev–Trinajstić information content (AvgIpc) is 1.87. The number of hydrogen-bond acceptors (Lipinski definition) is 2. The van der Waals surface area contributed by atoms with Crippen LogP contribution in [0.15, 0.2) is 12.0 Å². The third-order valence-electron chi connectivity index (χ3n) is 0.921. The van der Waals surface area contributed by atoms with Crippen molar-refractivity contribution in [2.45, 2.75) is 6.92 Å². The van der Waals surface area contributed by atoms with Gasteiger partial charge in [0.1, 0.15) is 0 Å². The van der Waals surface area contributed by atoms with Crippen molar-refractivity contribution in [3.63, 3.8) is 0 Å². The van der Waals surface area contributed by atoms with E-state index in [2.05, 4.69) is 4.74 Å². The Hall–Kier alpha value is -0.660. The molecule has 2 heteroatoms. The zero-order valence-electron chi connectivity index (χ0n) is 4.22. The Bertz CT molecular complexity index is 96.3. The maximum absolute atomic E-state index is 8.54. The molecule has 0 spiro atoms. The first-order valence-electron chi connectivity index (χ1n) is 2.32. The zero-order valence-corrected chi connectivity index (χ0v) is 4.22. The summed E-state index contributed by atoms with van der Waals surface area (Å²) in [6, 6.07) is 0. The summed E-state index contributed by atoms with van der Waals surface area (Å²) in [5.41, 5.74) is 0. The van der Waals surface area contributed by atoms with E-state index < -0.39 is 0 Å². The zero-order chi connectivity index (χ0) is 5.28. The number of rotatable bonds is 0. The summed E-state index contributed by atoms with van der Waals surface area (Å²) in [5, 5.41) is 8.54. The maximum atomic E-state index is 8.54. The molecule has 0 aliphatic carbocycles. The fourth-order valence-corrected chi connectivity index (χ4v) is 0.556. The van der Waals surface area contributed by atoms with Gasteiger partial charge in [-0.3, -0.25) is 0 Å². The minimum atomic E-state index is 0.0764. The smallest absolute Gasteiger partial charge is 0.272 e. The van der Waals surface area contributed by atoms with Gasteiger partial charge in [-0.1, -0.05) is 6.92 Å². The first-order valence-corrected chi connectivity index (χ1v) is 2.32. The lowest BCUT2D eigenvalue weighted by molar-refractivity contribution is 0.110. The minimum absolute atomic E-state index is 0.0764. The van der Waals surface area contributed by atoms with Crippen molar-refractivity contribution in [3.8, 4) is 0 Å². The SMILES string of the molecule is CC1C=C(O)OC1. The van der Waals surface area contributed by atoms with Crippen molar-refractivity contribution < 1.29 is 9.84 Å². The van der Waals surface area contributed by atoms with Gasteiger partial charge in [0, 0.05) is 12.0 Å². The van der Waals surface area contributed by atoms with Crippen LogP contribution in [0.4, 0.5) is 0 Å². The molecule has 0 fully saturated rings. The highest BCUT2D eigenvalue weighted by Crippen LogP contribution is 2.11. The molecule has 0 saturated carbocycles. The lowest BCUT2D eigenvalue weighted by atomic mass is 10.2. The molecule has 0 saturated heterocycles. The van der Waals surface area contributed by atoms with Crippen LogP contribution in [-0.4, -0.2) is 11.7 Å². The Morgan fingerprint density at radius 3 is 2.86 bits per heavy atom. The van der Waals surface area contributed by atoms with E-state index in [9.17, 15) is 0 Å². The van der Waals surface area contributed by atoms with Gasteiger partial charge >= 0.3 is 0 Å². The molecule has 1 aliphatic rings. The molecule has 1 heterocycles. The molecule has 1 N–H and O–H groups in total. The summed E-state index contributed by atoms with van der Waals surface area (Å²) in [5.74, 6) is 0.465. The standard InChI is InChI=1S/C5H8O2/c1-4-2-5(6)7-3-4/h2,4,6H,3H2,1H3. The van der Waals surface area contributed by atoms with E-state index in [0.717, 1.165) is 0 Å². The highest BCUT2D eigenvalue weighted by molar-refractivity contribution is 4.92. The van der Waals surface area contributed by atoms with Crippen molar-refractivity contribution in [1.29, 1.82) is 0 Å². The van der Waals surface area contributed by atoms with Gasteiger partial charge in [0.2, 0.25) is 0 Å². The number of ether oxygens (including phenoxy) is 1. The molecule has 1 unspecified atom stereocenters. The lowest BCUT2D eigenvalue weighted by Crippen LogP contribution is -1.90. The van der Waals surface area contributed by atoms with E-state index in [-0.39, 0.29) is 5.95 Å². The van der Waals surface area contributed by atoms with E-state index in [1.807, 2.05) is 6.92 Å². The summed E-state index contributed by atoms with van der Waals surface area (Å²) >= 11 is 0. The van der Waals surface area contributed by atoms with Crippen LogP contribution in [0.1, 0.15) is 6.92 Å². The monoisotopic (exact) mass is 100 g/mol. The Labute approximate surface area is 42.4 Å². The lowest BCUT2D eigenvalue weighted by Gasteiger charge is -1.92. The predicted octanol–water partition coefficient (Wildman–Crippen LogP) is 1.05. The molecule has 1 rings (SSSR count). The molecule has 0 aromatic carbocycles. The molecule has 7 heavy (non-hydrogen) atoms. The van der Waals surface area contributed by atoms with Crippen molar-refractivity contribution in [2.75, 3.05) is 6.61 Å². The van der Waals surface area contributed by atoms with Crippen molar-refractivity contribution >= 4 is 0 Å². The van der Waals surface area contributed by atoms with Gasteiger partial charge in [-0.15, -0.1) is 0 Å². The van der Waals surface area contributed by atoms with Crippen LogP contribution in [0.5, 0.6) is 0 Å². The number of aliphatic hydroxyl groups is 1. The molecule has 2 nitrogen and oxygen atoms in total. The van der Waals surface area contributed by atoms with Crippen LogP contribution in [0.3, 0.4) is 0 Å². The van der Waals surface area contributed by atoms with Gasteiger partial charge in [-0.2, -0.15) is 0 Å². The second-order valence-electron chi connectivity index (χ2n) is 1.79. The summed E-state index contributed by atoms with van der Waals surface area (Å²) in [7, 11) is 0. The molecule has 0 amide bonds. The molecule has 0 aromatic heterocycles. The van der Waals surface area contributed by atoms with Gasteiger partial charge in [0.05, 0.1) is 6.61 Å². The number of hydrogen-bond donors (Lipinski definition) is 1. The Morgan fingerprint density at radius 1 is 2.00 bits per heavy atom. The fourth-order valence-electron chi connectivity index (χ4n) is 0.556. The van der Waals surface area contributed by atoms with Crippen molar-refractivity contribution in [1.82, 2.24) is 0 Å². The Kier molecular flexibility index (Phi) is 0.929. The molecule has 0 aromatic rings. The topological polar surface area (TPSA) is 29.5 Å². The van der Waals surface area contributed by atoms with E-state index in [1.165, 1.54) is 0 Å². The van der Waals surface area contributed by atoms with E-state index in [1.54, 1.807) is 6.08 Å². The maximum Gasteiger partial charge on any atom is 0.272 e. The van der Waals surface area contributed by atoms with E-state index in [4.69, 9.17) is 5.11 Å². The second-order valence-corrected chi connectivity index (χ2v) is 1.79. The van der Waals surface area contributed by atoms with Gasteiger partial charge in [-0.25, -0.2) is 0 Å². The van der Waals surface area contributed by atoms with Crippen LogP contribution in [0, 0.1) is 5.92 Å². The van der Waals surface area contributed by atoms with Crippen molar-refractivity contribution in [3.05, 3.63) is 12.0 Å². The highest BCUT2D eigenvalue weighted by Gasteiger charge is 2.09. The van der Waals surface area contributed by atoms with Gasteiger partial charge in [-0.05, 0) is 0 Å². The van der Waals surface area contributed by atoms with Crippen molar-refractivity contribution in [2.24, 2.45) is 5.92 Å². The van der Waals surface area contributed by atoms with Gasteiger partial charge < -0.3 is 9.84 Å². The Balaban J connectivity index is 2.50. The summed E-state index contributed by atoms with van der Waals surface area (Å²) in [4.78, 5) is 0. The quantitative estimate of drug-likeness (QED) is 0.493. The normalized spacial score (nSPS) is 29.3. The van der Waals surface area contributed by atoms with Crippen LogP contribution >= 0.6 is 0 Å². The van der Waals surface area contributed by atoms with E-state index in [0.29, 0.717) is 12.5 Å². The predicted molar refractivity (Wildman–Crippen MR) is 25.8 cm³/mol. The third-order valence-corrected chi connectivity index (χ3v) is 0.921. The summed E-state index contributed by atoms with van der Waals surface area (Å²) in [6.07, 6.45) is 1.69. The average molecular weight is 100 g/mol. The first-order chi connectivity index (χ1) is 3.29. The molecule has 1 aliphatic heterocycles. The van der Waals surface area contributed by atoms with Crippen LogP contribution < -0.4 is 0 Å². The highest BCUT2D eigenvalue weighted by atomic mass is 16.6. The van der Waals surface area contributed by atoms with Gasteiger partial charge in [0.25, 0.3) is 5.95 Å². The fraction of sp³-hybridized carbons (Fsp3) is 0.600. The van der Waals surface area contributed by atoms with E-state index >= 15 is 0 Å². The summed E-state index contributed by atoms with van der Waals surface area (Å²) < 4.78 is 4.68. The largest absolute Gasteiger partial charge is 0.481 e. The second kappa shape index (κ2) is 1.45. The molecule has 0 radical (unpaired) electrons. The van der Waals surface area contributed by atoms with Gasteiger partial charge in [0.15, 0.2) is 0 Å². The van der Waals surface area contributed by atoms with Crippen LogP contribution in [-0.2, 0) is 4.74 Å². The molecule has 0 bridgehead atoms. The minimum Gasteiger partial charge on any atom is -0.481 e. The molecular weight excluding hydrogens is 92.1 g/mol. The molecule has 40 valence electrons. The molecular formula is C5H8O2. The van der Waals surface area contributed by atoms with Crippen LogP contribution in [0.25, 0.3) is 0 Å². The molecule has 1 atom stereocenters. The summed E-state index contributed by atoms with van der Waals surface area (Å²) in [6.45, 7) is 2.62.